The molecule has 2 heteroatoms. The molecule has 0 aromatic heterocycles. The number of rotatable bonds is 3. The fourth-order valence-electron chi connectivity index (χ4n) is 2.84. The van der Waals surface area contributed by atoms with Gasteiger partial charge in [0.05, 0.1) is 13.0 Å². The molecule has 0 saturated heterocycles. The van der Waals surface area contributed by atoms with Gasteiger partial charge in [-0.15, -0.1) is 0 Å². The van der Waals surface area contributed by atoms with Crippen LogP contribution in [-0.2, 0) is 9.53 Å². The number of hydrogen-bond acceptors (Lipinski definition) is 2. The van der Waals surface area contributed by atoms with Crippen molar-refractivity contribution in [2.45, 2.75) is 32.6 Å². The summed E-state index contributed by atoms with van der Waals surface area (Å²) in [6.45, 7) is 1.98. The van der Waals surface area contributed by atoms with E-state index in [0.29, 0.717) is 5.41 Å². The van der Waals surface area contributed by atoms with Crippen LogP contribution >= 0.6 is 0 Å². The second-order valence-electron chi connectivity index (χ2n) is 4.61. The minimum Gasteiger partial charge on any atom is -0.469 e. The van der Waals surface area contributed by atoms with Crippen molar-refractivity contribution in [1.82, 2.24) is 0 Å². The highest BCUT2D eigenvalue weighted by molar-refractivity contribution is 5.71. The first kappa shape index (κ1) is 8.09. The molecule has 0 unspecified atom stereocenters. The zero-order chi connectivity index (χ0) is 8.77. The zero-order valence-electron chi connectivity index (χ0n) is 7.80. The Labute approximate surface area is 73.3 Å². The molecular formula is C10H16O2. The molecule has 0 N–H and O–H groups in total. The summed E-state index contributed by atoms with van der Waals surface area (Å²) < 4.78 is 4.70. The monoisotopic (exact) mass is 168 g/mol. The van der Waals surface area contributed by atoms with Crippen molar-refractivity contribution < 1.29 is 9.53 Å². The fourth-order valence-corrected chi connectivity index (χ4v) is 2.84. The van der Waals surface area contributed by atoms with Crippen molar-refractivity contribution in [1.29, 1.82) is 0 Å². The first-order valence-corrected chi connectivity index (χ1v) is 4.73. The Morgan fingerprint density at radius 3 is 2.50 bits per heavy atom. The van der Waals surface area contributed by atoms with Gasteiger partial charge >= 0.3 is 5.97 Å². The van der Waals surface area contributed by atoms with Gasteiger partial charge in [-0.05, 0) is 37.0 Å². The second kappa shape index (κ2) is 2.48. The lowest BCUT2D eigenvalue weighted by Crippen LogP contribution is -2.52. The third-order valence-electron chi connectivity index (χ3n) is 3.51. The summed E-state index contributed by atoms with van der Waals surface area (Å²) in [5.41, 5.74) is 0.568. The van der Waals surface area contributed by atoms with Crippen LogP contribution in [0.3, 0.4) is 0 Å². The van der Waals surface area contributed by atoms with Gasteiger partial charge in [0.2, 0.25) is 0 Å². The van der Waals surface area contributed by atoms with Crippen LogP contribution < -0.4 is 0 Å². The Balaban J connectivity index is 1.82. The molecule has 0 aromatic rings. The Hall–Kier alpha value is -0.530. The molecule has 0 spiro atoms. The largest absolute Gasteiger partial charge is 0.469 e. The van der Waals surface area contributed by atoms with E-state index in [2.05, 4.69) is 0 Å². The molecule has 3 rings (SSSR count). The summed E-state index contributed by atoms with van der Waals surface area (Å²) in [5.74, 6) is 1.07. The fraction of sp³-hybridized carbons (Fsp3) is 0.900. The summed E-state index contributed by atoms with van der Waals surface area (Å²) in [6.07, 6.45) is 5.16. The van der Waals surface area contributed by atoms with Gasteiger partial charge < -0.3 is 4.74 Å². The van der Waals surface area contributed by atoms with E-state index in [1.54, 1.807) is 0 Å². The molecule has 1 atom stereocenters. The van der Waals surface area contributed by atoms with E-state index in [1.807, 2.05) is 6.92 Å². The SMILES string of the molecule is COC(=O)[C@@H](C)CC12CC(C1)C2. The summed E-state index contributed by atoms with van der Waals surface area (Å²) in [5, 5.41) is 0. The van der Waals surface area contributed by atoms with Crippen molar-refractivity contribution in [3.05, 3.63) is 0 Å². The van der Waals surface area contributed by atoms with Gasteiger partial charge in [-0.1, -0.05) is 6.92 Å². The quantitative estimate of drug-likeness (QED) is 0.602. The third-order valence-corrected chi connectivity index (χ3v) is 3.51. The van der Waals surface area contributed by atoms with Crippen LogP contribution in [-0.4, -0.2) is 13.1 Å². The van der Waals surface area contributed by atoms with Crippen LogP contribution in [0.2, 0.25) is 0 Å². The van der Waals surface area contributed by atoms with E-state index in [9.17, 15) is 4.79 Å². The number of carbonyl (C=O) groups excluding carboxylic acids is 1. The van der Waals surface area contributed by atoms with E-state index >= 15 is 0 Å². The van der Waals surface area contributed by atoms with Gasteiger partial charge in [-0.25, -0.2) is 0 Å². The molecule has 0 aliphatic heterocycles. The number of esters is 1. The average molecular weight is 168 g/mol. The summed E-state index contributed by atoms with van der Waals surface area (Å²) in [6, 6.07) is 0. The van der Waals surface area contributed by atoms with Crippen LogP contribution in [0.25, 0.3) is 0 Å². The van der Waals surface area contributed by atoms with E-state index in [4.69, 9.17) is 4.74 Å². The number of hydrogen-bond donors (Lipinski definition) is 0. The highest BCUT2D eigenvalue weighted by atomic mass is 16.5. The molecule has 0 radical (unpaired) electrons. The molecule has 12 heavy (non-hydrogen) atoms. The molecule has 0 heterocycles. The Bertz CT molecular complexity index is 193. The predicted molar refractivity (Wildman–Crippen MR) is 45.6 cm³/mol. The van der Waals surface area contributed by atoms with E-state index < -0.39 is 0 Å². The second-order valence-corrected chi connectivity index (χ2v) is 4.61. The average Bonchev–Trinajstić information content (AvgIpc) is 1.92. The van der Waals surface area contributed by atoms with Gasteiger partial charge in [-0.2, -0.15) is 0 Å². The highest BCUT2D eigenvalue weighted by Gasteiger charge is 2.56. The highest BCUT2D eigenvalue weighted by Crippen LogP contribution is 2.67. The van der Waals surface area contributed by atoms with Crippen LogP contribution in [0.1, 0.15) is 32.6 Å². The third kappa shape index (κ3) is 1.05. The minimum atomic E-state index is -0.0419. The van der Waals surface area contributed by atoms with Crippen molar-refractivity contribution in [2.75, 3.05) is 7.11 Å². The van der Waals surface area contributed by atoms with Gasteiger partial charge in [0.25, 0.3) is 0 Å². The molecule has 3 fully saturated rings. The molecule has 3 aliphatic rings. The Morgan fingerprint density at radius 2 is 2.17 bits per heavy atom. The molecule has 0 aromatic carbocycles. The lowest BCUT2D eigenvalue weighted by molar-refractivity contribution is -0.156. The molecule has 68 valence electrons. The molecular weight excluding hydrogens is 152 g/mol. The summed E-state index contributed by atoms with van der Waals surface area (Å²) >= 11 is 0. The Morgan fingerprint density at radius 1 is 1.58 bits per heavy atom. The van der Waals surface area contributed by atoms with Crippen molar-refractivity contribution in [2.24, 2.45) is 17.3 Å². The number of ether oxygens (including phenoxy) is 1. The first-order chi connectivity index (χ1) is 5.65. The first-order valence-electron chi connectivity index (χ1n) is 4.73. The van der Waals surface area contributed by atoms with Gasteiger partial charge in [0.15, 0.2) is 0 Å². The topological polar surface area (TPSA) is 26.3 Å². The maximum Gasteiger partial charge on any atom is 0.308 e. The standard InChI is InChI=1S/C10H16O2/c1-7(9(11)12-2)3-10-4-8(5-10)6-10/h7-8H,3-6H2,1-2H3/t7-,8?,10?/m0/s1. The van der Waals surface area contributed by atoms with Crippen molar-refractivity contribution in [3.8, 4) is 0 Å². The lowest BCUT2D eigenvalue weighted by atomic mass is 9.42. The summed E-state index contributed by atoms with van der Waals surface area (Å²) in [7, 11) is 1.47. The van der Waals surface area contributed by atoms with Crippen LogP contribution in [0, 0.1) is 17.3 Å². The van der Waals surface area contributed by atoms with Gasteiger partial charge in [0, 0.05) is 0 Å². The van der Waals surface area contributed by atoms with Crippen LogP contribution in [0.4, 0.5) is 0 Å². The normalized spacial score (nSPS) is 39.3. The number of carbonyl (C=O) groups is 1. The van der Waals surface area contributed by atoms with E-state index in [-0.39, 0.29) is 11.9 Å². The summed E-state index contributed by atoms with van der Waals surface area (Å²) in [4.78, 5) is 11.1. The van der Waals surface area contributed by atoms with E-state index in [1.165, 1.54) is 26.4 Å². The maximum absolute atomic E-state index is 11.1. The minimum absolute atomic E-state index is 0.0419. The maximum atomic E-state index is 11.1. The van der Waals surface area contributed by atoms with Crippen molar-refractivity contribution in [3.63, 3.8) is 0 Å². The van der Waals surface area contributed by atoms with E-state index in [0.717, 1.165) is 12.3 Å². The van der Waals surface area contributed by atoms with Gasteiger partial charge in [0.1, 0.15) is 0 Å². The molecule has 2 bridgehead atoms. The predicted octanol–water partition coefficient (Wildman–Crippen LogP) is 1.99. The zero-order valence-corrected chi connectivity index (χ0v) is 7.80. The number of methoxy groups -OCH3 is 1. The molecule has 3 aliphatic carbocycles. The molecule has 2 nitrogen and oxygen atoms in total. The van der Waals surface area contributed by atoms with Gasteiger partial charge in [-0.3, -0.25) is 4.79 Å². The van der Waals surface area contributed by atoms with Crippen LogP contribution in [0.15, 0.2) is 0 Å². The van der Waals surface area contributed by atoms with Crippen LogP contribution in [0.5, 0.6) is 0 Å². The lowest BCUT2D eigenvalue weighted by Gasteiger charge is -2.62. The molecule has 3 saturated carbocycles. The van der Waals surface area contributed by atoms with Crippen molar-refractivity contribution >= 4 is 5.97 Å². The Kier molecular flexibility index (Phi) is 1.67. The smallest absolute Gasteiger partial charge is 0.308 e. The molecule has 0 amide bonds.